The summed E-state index contributed by atoms with van der Waals surface area (Å²) in [5, 5.41) is 4.31. The van der Waals surface area contributed by atoms with E-state index in [2.05, 4.69) is 10.6 Å². The van der Waals surface area contributed by atoms with Gasteiger partial charge in [-0.25, -0.2) is 0 Å². The first kappa shape index (κ1) is 18.8. The lowest BCUT2D eigenvalue weighted by Gasteiger charge is -2.12. The molecule has 0 unspecified atom stereocenters. The lowest BCUT2D eigenvalue weighted by molar-refractivity contribution is -0.137. The minimum atomic E-state index is -4.64. The van der Waals surface area contributed by atoms with Crippen molar-refractivity contribution >= 4 is 34.8 Å². The number of rotatable bonds is 4. The van der Waals surface area contributed by atoms with E-state index in [-0.39, 0.29) is 5.69 Å². The van der Waals surface area contributed by atoms with Crippen LogP contribution in [0.2, 0.25) is 5.02 Å². The van der Waals surface area contributed by atoms with Crippen molar-refractivity contribution in [2.75, 3.05) is 10.6 Å². The summed E-state index contributed by atoms with van der Waals surface area (Å²) < 4.78 is 38.4. The van der Waals surface area contributed by atoms with Gasteiger partial charge in [0.1, 0.15) is 6.42 Å². The first-order valence-electron chi connectivity index (χ1n) is 7.18. The lowest BCUT2D eigenvalue weighted by Crippen LogP contribution is -2.21. The quantitative estimate of drug-likeness (QED) is 0.771. The van der Waals surface area contributed by atoms with Gasteiger partial charge in [0.05, 0.1) is 10.6 Å². The number of carbonyl (C=O) groups excluding carboxylic acids is 2. The second kappa shape index (κ2) is 7.57. The Morgan fingerprint density at radius 1 is 0.960 bits per heavy atom. The number of aryl methyl sites for hydroxylation is 1. The summed E-state index contributed by atoms with van der Waals surface area (Å²) in [5.41, 5.74) is 0.383. The van der Waals surface area contributed by atoms with Crippen LogP contribution in [0.15, 0.2) is 42.5 Å². The zero-order valence-electron chi connectivity index (χ0n) is 13.1. The molecule has 0 atom stereocenters. The maximum absolute atomic E-state index is 12.8. The molecule has 0 aliphatic rings. The third-order valence-electron chi connectivity index (χ3n) is 3.21. The standard InChI is InChI=1S/C17H14ClF3N2O2/c1-10-2-4-11(5-3-10)22-15(24)9-16(25)23-12-6-7-14(18)13(8-12)17(19,20)21/h2-8H,9H2,1H3,(H,22,24)(H,23,25). The molecule has 0 radical (unpaired) electrons. The molecular weight excluding hydrogens is 357 g/mol. The molecule has 0 fully saturated rings. The van der Waals surface area contributed by atoms with Crippen molar-refractivity contribution in [1.29, 1.82) is 0 Å². The van der Waals surface area contributed by atoms with Gasteiger partial charge in [0.2, 0.25) is 11.8 Å². The number of amides is 2. The molecule has 0 saturated heterocycles. The Hall–Kier alpha value is -2.54. The summed E-state index contributed by atoms with van der Waals surface area (Å²) in [5.74, 6) is -1.31. The Morgan fingerprint density at radius 3 is 2.04 bits per heavy atom. The predicted octanol–water partition coefficient (Wildman–Crippen LogP) is 4.63. The van der Waals surface area contributed by atoms with Gasteiger partial charge in [-0.05, 0) is 37.3 Å². The van der Waals surface area contributed by atoms with Gasteiger partial charge >= 0.3 is 6.18 Å². The Kier molecular flexibility index (Phi) is 5.69. The van der Waals surface area contributed by atoms with Crippen LogP contribution in [0.25, 0.3) is 0 Å². The van der Waals surface area contributed by atoms with E-state index in [1.54, 1.807) is 24.3 Å². The zero-order valence-corrected chi connectivity index (χ0v) is 13.8. The van der Waals surface area contributed by atoms with E-state index >= 15 is 0 Å². The van der Waals surface area contributed by atoms with Crippen LogP contribution >= 0.6 is 11.6 Å². The van der Waals surface area contributed by atoms with Crippen LogP contribution < -0.4 is 10.6 Å². The fraction of sp³-hybridized carbons (Fsp3) is 0.176. The maximum Gasteiger partial charge on any atom is 0.417 e. The summed E-state index contributed by atoms with van der Waals surface area (Å²) in [7, 11) is 0. The molecule has 0 heterocycles. The molecule has 0 saturated carbocycles. The zero-order chi connectivity index (χ0) is 18.6. The van der Waals surface area contributed by atoms with Gasteiger partial charge in [0.15, 0.2) is 0 Å². The Balaban J connectivity index is 1.98. The van der Waals surface area contributed by atoms with E-state index in [0.717, 1.165) is 17.7 Å². The molecule has 2 amide bonds. The average Bonchev–Trinajstić information content (AvgIpc) is 2.50. The number of alkyl halides is 3. The van der Waals surface area contributed by atoms with E-state index in [1.807, 2.05) is 6.92 Å². The SMILES string of the molecule is Cc1ccc(NC(=O)CC(=O)Nc2ccc(Cl)c(C(F)(F)F)c2)cc1. The van der Waals surface area contributed by atoms with Gasteiger partial charge in [0, 0.05) is 11.4 Å². The maximum atomic E-state index is 12.8. The molecule has 25 heavy (non-hydrogen) atoms. The molecule has 2 aromatic carbocycles. The molecular formula is C17H14ClF3N2O2. The van der Waals surface area contributed by atoms with E-state index in [4.69, 9.17) is 11.6 Å². The topological polar surface area (TPSA) is 58.2 Å². The molecule has 2 rings (SSSR count). The van der Waals surface area contributed by atoms with E-state index in [9.17, 15) is 22.8 Å². The molecule has 2 aromatic rings. The number of hydrogen-bond acceptors (Lipinski definition) is 2. The lowest BCUT2D eigenvalue weighted by atomic mass is 10.2. The summed E-state index contributed by atoms with van der Waals surface area (Å²) >= 11 is 5.51. The smallest absolute Gasteiger partial charge is 0.326 e. The van der Waals surface area contributed by atoms with E-state index < -0.39 is 35.0 Å². The highest BCUT2D eigenvalue weighted by Crippen LogP contribution is 2.36. The fourth-order valence-corrected chi connectivity index (χ4v) is 2.24. The fourth-order valence-electron chi connectivity index (χ4n) is 2.01. The third-order valence-corrected chi connectivity index (χ3v) is 3.54. The van der Waals surface area contributed by atoms with Gasteiger partial charge in [-0.1, -0.05) is 29.3 Å². The molecule has 0 bridgehead atoms. The van der Waals surface area contributed by atoms with Crippen molar-refractivity contribution in [2.45, 2.75) is 19.5 Å². The van der Waals surface area contributed by atoms with Gasteiger partial charge in [0.25, 0.3) is 0 Å². The number of benzene rings is 2. The third kappa shape index (κ3) is 5.49. The summed E-state index contributed by atoms with van der Waals surface area (Å²) in [6.45, 7) is 1.89. The minimum Gasteiger partial charge on any atom is -0.326 e. The van der Waals surface area contributed by atoms with Crippen LogP contribution in [0, 0.1) is 6.92 Å². The van der Waals surface area contributed by atoms with Crippen molar-refractivity contribution in [3.63, 3.8) is 0 Å². The number of carbonyl (C=O) groups is 2. The van der Waals surface area contributed by atoms with Gasteiger partial charge in [-0.15, -0.1) is 0 Å². The largest absolute Gasteiger partial charge is 0.417 e. The molecule has 2 N–H and O–H groups in total. The van der Waals surface area contributed by atoms with Crippen molar-refractivity contribution in [1.82, 2.24) is 0 Å². The van der Waals surface area contributed by atoms with Crippen molar-refractivity contribution in [2.24, 2.45) is 0 Å². The average molecular weight is 371 g/mol. The van der Waals surface area contributed by atoms with E-state index in [0.29, 0.717) is 5.69 Å². The number of hydrogen-bond donors (Lipinski definition) is 2. The Morgan fingerprint density at radius 2 is 1.48 bits per heavy atom. The molecule has 0 spiro atoms. The van der Waals surface area contributed by atoms with Gasteiger partial charge in [-0.3, -0.25) is 9.59 Å². The highest BCUT2D eigenvalue weighted by atomic mass is 35.5. The molecule has 0 aliphatic carbocycles. The highest BCUT2D eigenvalue weighted by Gasteiger charge is 2.33. The summed E-state index contributed by atoms with van der Waals surface area (Å²) in [6.07, 6.45) is -5.17. The second-order valence-electron chi connectivity index (χ2n) is 5.33. The highest BCUT2D eigenvalue weighted by molar-refractivity contribution is 6.31. The van der Waals surface area contributed by atoms with Crippen molar-refractivity contribution in [3.05, 3.63) is 58.6 Å². The number of anilines is 2. The van der Waals surface area contributed by atoms with Crippen LogP contribution in [0.4, 0.5) is 24.5 Å². The summed E-state index contributed by atoms with van der Waals surface area (Å²) in [4.78, 5) is 23.6. The molecule has 4 nitrogen and oxygen atoms in total. The van der Waals surface area contributed by atoms with Crippen molar-refractivity contribution in [3.8, 4) is 0 Å². The molecule has 0 aromatic heterocycles. The normalized spacial score (nSPS) is 11.1. The van der Waals surface area contributed by atoms with Crippen LogP contribution in [-0.2, 0) is 15.8 Å². The predicted molar refractivity (Wildman–Crippen MR) is 89.5 cm³/mol. The van der Waals surface area contributed by atoms with Crippen LogP contribution in [0.3, 0.4) is 0 Å². The first-order valence-corrected chi connectivity index (χ1v) is 7.56. The van der Waals surface area contributed by atoms with Crippen LogP contribution in [-0.4, -0.2) is 11.8 Å². The number of nitrogens with one attached hydrogen (secondary N) is 2. The Labute approximate surface area is 147 Å². The van der Waals surface area contributed by atoms with Crippen LogP contribution in [0.1, 0.15) is 17.5 Å². The van der Waals surface area contributed by atoms with Gasteiger partial charge in [-0.2, -0.15) is 13.2 Å². The monoisotopic (exact) mass is 370 g/mol. The molecule has 8 heteroatoms. The van der Waals surface area contributed by atoms with Gasteiger partial charge < -0.3 is 10.6 Å². The molecule has 0 aliphatic heterocycles. The first-order chi connectivity index (χ1) is 11.6. The minimum absolute atomic E-state index is 0.0927. The second-order valence-corrected chi connectivity index (χ2v) is 5.74. The number of halogens is 4. The van der Waals surface area contributed by atoms with Crippen LogP contribution in [0.5, 0.6) is 0 Å². The van der Waals surface area contributed by atoms with Crippen molar-refractivity contribution < 1.29 is 22.8 Å². The molecule has 132 valence electrons. The Bertz CT molecular complexity index is 789. The van der Waals surface area contributed by atoms with E-state index in [1.165, 1.54) is 6.07 Å². The summed E-state index contributed by atoms with van der Waals surface area (Å²) in [6, 6.07) is 9.93.